The van der Waals surface area contributed by atoms with Crippen LogP contribution >= 0.6 is 15.9 Å². The van der Waals surface area contributed by atoms with Crippen molar-refractivity contribution in [1.29, 1.82) is 0 Å². The maximum absolute atomic E-state index is 12.5. The van der Waals surface area contributed by atoms with E-state index < -0.39 is 0 Å². The Labute approximate surface area is 125 Å². The van der Waals surface area contributed by atoms with Crippen molar-refractivity contribution in [2.24, 2.45) is 0 Å². The normalized spacial score (nSPS) is 16.4. The predicted octanol–water partition coefficient (Wildman–Crippen LogP) is 2.52. The molecule has 0 spiro atoms. The number of piperidine rings is 1. The largest absolute Gasteiger partial charge is 0.338 e. The number of carbonyl (C=O) groups excluding carboxylic acids is 1. The van der Waals surface area contributed by atoms with Crippen LogP contribution in [-0.2, 0) is 0 Å². The van der Waals surface area contributed by atoms with Crippen LogP contribution in [0.15, 0.2) is 41.1 Å². The molecule has 0 saturated carbocycles. The molecule has 0 atom stereocenters. The van der Waals surface area contributed by atoms with Gasteiger partial charge in [-0.3, -0.25) is 4.79 Å². The summed E-state index contributed by atoms with van der Waals surface area (Å²) in [5.41, 5.74) is 0.728. The topological polar surface area (TPSA) is 51.0 Å². The number of carbonyl (C=O) groups is 1. The highest BCUT2D eigenvalue weighted by atomic mass is 79.9. The molecule has 1 aromatic carbocycles. The first-order valence-electron chi connectivity index (χ1n) is 6.65. The highest BCUT2D eigenvalue weighted by molar-refractivity contribution is 9.10. The van der Waals surface area contributed by atoms with Gasteiger partial charge in [0.05, 0.1) is 17.8 Å². The fourth-order valence-electron chi connectivity index (χ4n) is 2.55. The van der Waals surface area contributed by atoms with E-state index in [1.165, 1.54) is 0 Å². The third-order valence-corrected chi connectivity index (χ3v) is 4.36. The second kappa shape index (κ2) is 5.75. The third-order valence-electron chi connectivity index (χ3n) is 3.67. The van der Waals surface area contributed by atoms with E-state index in [-0.39, 0.29) is 5.91 Å². The van der Waals surface area contributed by atoms with Crippen molar-refractivity contribution in [3.8, 4) is 0 Å². The Bertz CT molecular complexity index is 591. The van der Waals surface area contributed by atoms with Crippen LogP contribution in [0.5, 0.6) is 0 Å². The number of halogens is 1. The van der Waals surface area contributed by atoms with E-state index in [0.29, 0.717) is 6.04 Å². The lowest BCUT2D eigenvalue weighted by molar-refractivity contribution is 0.0688. The van der Waals surface area contributed by atoms with Crippen molar-refractivity contribution in [1.82, 2.24) is 19.9 Å². The zero-order chi connectivity index (χ0) is 13.9. The van der Waals surface area contributed by atoms with E-state index in [9.17, 15) is 4.79 Å². The molecule has 3 rings (SSSR count). The van der Waals surface area contributed by atoms with Gasteiger partial charge >= 0.3 is 0 Å². The summed E-state index contributed by atoms with van der Waals surface area (Å²) >= 11 is 3.44. The van der Waals surface area contributed by atoms with Gasteiger partial charge in [0.2, 0.25) is 0 Å². The minimum Gasteiger partial charge on any atom is -0.338 e. The summed E-state index contributed by atoms with van der Waals surface area (Å²) in [5.74, 6) is 0.0921. The minimum absolute atomic E-state index is 0.0921. The molecule has 6 heteroatoms. The molecule has 0 bridgehead atoms. The Kier molecular flexibility index (Phi) is 3.82. The van der Waals surface area contributed by atoms with E-state index in [0.717, 1.165) is 36.0 Å². The average Bonchev–Trinajstić information content (AvgIpc) is 3.01. The lowest BCUT2D eigenvalue weighted by Crippen LogP contribution is -2.39. The van der Waals surface area contributed by atoms with Gasteiger partial charge in [-0.2, -0.15) is 0 Å². The van der Waals surface area contributed by atoms with Crippen LogP contribution in [0.1, 0.15) is 29.2 Å². The molecule has 1 aliphatic rings. The van der Waals surface area contributed by atoms with E-state index in [4.69, 9.17) is 0 Å². The first kappa shape index (κ1) is 13.3. The molecule has 1 saturated heterocycles. The number of rotatable bonds is 2. The number of benzene rings is 1. The van der Waals surface area contributed by atoms with Gasteiger partial charge in [0.15, 0.2) is 0 Å². The van der Waals surface area contributed by atoms with Gasteiger partial charge in [-0.05, 0) is 40.9 Å². The van der Waals surface area contributed by atoms with Crippen molar-refractivity contribution in [3.63, 3.8) is 0 Å². The quantitative estimate of drug-likeness (QED) is 0.847. The SMILES string of the molecule is O=C(c1ccccc1Br)N1CCC(n2ccnn2)CC1. The summed E-state index contributed by atoms with van der Waals surface area (Å²) in [4.78, 5) is 14.4. The van der Waals surface area contributed by atoms with Gasteiger partial charge < -0.3 is 4.90 Å². The molecule has 0 radical (unpaired) electrons. The molecule has 0 N–H and O–H groups in total. The Morgan fingerprint density at radius 1 is 1.25 bits per heavy atom. The van der Waals surface area contributed by atoms with Crippen LogP contribution < -0.4 is 0 Å². The van der Waals surface area contributed by atoms with Crippen LogP contribution in [0.25, 0.3) is 0 Å². The van der Waals surface area contributed by atoms with Gasteiger partial charge in [-0.25, -0.2) is 4.68 Å². The molecule has 1 aliphatic heterocycles. The Morgan fingerprint density at radius 3 is 2.65 bits per heavy atom. The maximum atomic E-state index is 12.5. The highest BCUT2D eigenvalue weighted by Gasteiger charge is 2.25. The summed E-state index contributed by atoms with van der Waals surface area (Å²) in [6, 6.07) is 7.91. The number of amides is 1. The fourth-order valence-corrected chi connectivity index (χ4v) is 3.00. The molecule has 1 fully saturated rings. The number of nitrogens with zero attached hydrogens (tertiary/aromatic N) is 4. The highest BCUT2D eigenvalue weighted by Crippen LogP contribution is 2.24. The minimum atomic E-state index is 0.0921. The van der Waals surface area contributed by atoms with Gasteiger partial charge in [0, 0.05) is 23.8 Å². The Hall–Kier alpha value is -1.69. The molecule has 1 aromatic heterocycles. The lowest BCUT2D eigenvalue weighted by atomic mass is 10.0. The van der Waals surface area contributed by atoms with E-state index >= 15 is 0 Å². The molecule has 5 nitrogen and oxygen atoms in total. The summed E-state index contributed by atoms with van der Waals surface area (Å²) in [6.07, 6.45) is 5.41. The van der Waals surface area contributed by atoms with Crippen LogP contribution in [0.2, 0.25) is 0 Å². The van der Waals surface area contributed by atoms with Gasteiger partial charge in [0.1, 0.15) is 0 Å². The van der Waals surface area contributed by atoms with Gasteiger partial charge in [-0.15, -0.1) is 5.10 Å². The zero-order valence-corrected chi connectivity index (χ0v) is 12.5. The second-order valence-electron chi connectivity index (χ2n) is 4.89. The van der Waals surface area contributed by atoms with Gasteiger partial charge in [0.25, 0.3) is 5.91 Å². The first-order chi connectivity index (χ1) is 9.75. The standard InChI is InChI=1S/C14H15BrN4O/c15-13-4-2-1-3-12(13)14(20)18-8-5-11(6-9-18)19-10-7-16-17-19/h1-4,7,10-11H,5-6,8-9H2. The molecule has 0 unspecified atom stereocenters. The second-order valence-corrected chi connectivity index (χ2v) is 5.74. The number of aromatic nitrogens is 3. The van der Waals surface area contributed by atoms with Crippen LogP contribution in [0.3, 0.4) is 0 Å². The molecule has 2 aromatic rings. The van der Waals surface area contributed by atoms with Crippen molar-refractivity contribution in [2.75, 3.05) is 13.1 Å². The van der Waals surface area contributed by atoms with Crippen molar-refractivity contribution in [2.45, 2.75) is 18.9 Å². The van der Waals surface area contributed by atoms with Gasteiger partial charge in [-0.1, -0.05) is 17.3 Å². The lowest BCUT2D eigenvalue weighted by Gasteiger charge is -2.32. The predicted molar refractivity (Wildman–Crippen MR) is 78.3 cm³/mol. The van der Waals surface area contributed by atoms with E-state index in [1.54, 1.807) is 6.20 Å². The average molecular weight is 335 g/mol. The third kappa shape index (κ3) is 2.60. The molecule has 2 heterocycles. The summed E-state index contributed by atoms with van der Waals surface area (Å²) in [5, 5.41) is 7.87. The monoisotopic (exact) mass is 334 g/mol. The molecule has 0 aliphatic carbocycles. The summed E-state index contributed by atoms with van der Waals surface area (Å²) < 4.78 is 2.74. The first-order valence-corrected chi connectivity index (χ1v) is 7.44. The van der Waals surface area contributed by atoms with Crippen molar-refractivity contribution in [3.05, 3.63) is 46.7 Å². The van der Waals surface area contributed by atoms with E-state index in [1.807, 2.05) is 40.0 Å². The molecular formula is C14H15BrN4O. The molecule has 20 heavy (non-hydrogen) atoms. The maximum Gasteiger partial charge on any atom is 0.254 e. The molecular weight excluding hydrogens is 320 g/mol. The Balaban J connectivity index is 1.66. The molecule has 104 valence electrons. The van der Waals surface area contributed by atoms with Crippen LogP contribution in [0, 0.1) is 0 Å². The van der Waals surface area contributed by atoms with Crippen molar-refractivity contribution < 1.29 is 4.79 Å². The van der Waals surface area contributed by atoms with Crippen LogP contribution in [0.4, 0.5) is 0 Å². The number of hydrogen-bond acceptors (Lipinski definition) is 3. The summed E-state index contributed by atoms with van der Waals surface area (Å²) in [7, 11) is 0. The number of likely N-dealkylation sites (tertiary alicyclic amines) is 1. The van der Waals surface area contributed by atoms with E-state index in [2.05, 4.69) is 26.2 Å². The molecule has 1 amide bonds. The number of hydrogen-bond donors (Lipinski definition) is 0. The smallest absolute Gasteiger partial charge is 0.254 e. The van der Waals surface area contributed by atoms with Crippen molar-refractivity contribution >= 4 is 21.8 Å². The Morgan fingerprint density at radius 2 is 2.00 bits per heavy atom. The van der Waals surface area contributed by atoms with Crippen LogP contribution in [-0.4, -0.2) is 38.9 Å². The zero-order valence-electron chi connectivity index (χ0n) is 10.9. The fraction of sp³-hybridized carbons (Fsp3) is 0.357. The summed E-state index contributed by atoms with van der Waals surface area (Å²) in [6.45, 7) is 1.51.